The van der Waals surface area contributed by atoms with Gasteiger partial charge in [-0.05, 0) is 52.0 Å². The lowest BCUT2D eigenvalue weighted by molar-refractivity contribution is 0.0534. The van der Waals surface area contributed by atoms with E-state index in [2.05, 4.69) is 27.1 Å². The Morgan fingerprint density at radius 1 is 0.981 bits per heavy atom. The molecule has 1 aromatic heterocycles. The summed E-state index contributed by atoms with van der Waals surface area (Å²) in [7, 11) is -6.19. The molecule has 0 bridgehead atoms. The number of carbonyl (C=O) groups excluding carboxylic acids is 2. The van der Waals surface area contributed by atoms with Gasteiger partial charge in [-0.15, -0.1) is 0 Å². The molecule has 284 valence electrons. The van der Waals surface area contributed by atoms with E-state index in [-0.39, 0.29) is 67.3 Å². The van der Waals surface area contributed by atoms with Crippen LogP contribution in [0.15, 0.2) is 53.4 Å². The number of carbonyl (C=O) groups is 2. The van der Waals surface area contributed by atoms with E-state index in [1.54, 1.807) is 58.0 Å². The lowest BCUT2D eigenvalue weighted by atomic mass is 10.1. The summed E-state index contributed by atoms with van der Waals surface area (Å²) >= 11 is 0. The number of ether oxygens (including phenoxy) is 3. The van der Waals surface area contributed by atoms with Gasteiger partial charge in [0.15, 0.2) is 6.61 Å². The van der Waals surface area contributed by atoms with Crippen LogP contribution in [0.5, 0.6) is 11.8 Å². The number of sulfonamides is 2. The van der Waals surface area contributed by atoms with E-state index in [9.17, 15) is 26.4 Å². The Kier molecular flexibility index (Phi) is 11.7. The maximum absolute atomic E-state index is 13.8. The van der Waals surface area contributed by atoms with Crippen molar-refractivity contribution in [1.82, 2.24) is 19.6 Å². The molecule has 2 aliphatic heterocycles. The predicted octanol–water partition coefficient (Wildman–Crippen LogP) is 2.64. The fourth-order valence-corrected chi connectivity index (χ4v) is 7.48. The van der Waals surface area contributed by atoms with Crippen molar-refractivity contribution in [2.45, 2.75) is 38.2 Å². The Hall–Kier alpha value is -5.12. The minimum Gasteiger partial charge on any atom is -0.489 e. The first kappa shape index (κ1) is 39.1. The minimum atomic E-state index is -3.93. The van der Waals surface area contributed by atoms with Gasteiger partial charge in [-0.1, -0.05) is 24.0 Å². The van der Waals surface area contributed by atoms with Crippen molar-refractivity contribution >= 4 is 49.2 Å². The van der Waals surface area contributed by atoms with Crippen LogP contribution in [-0.2, 0) is 24.8 Å². The zero-order valence-corrected chi connectivity index (χ0v) is 32.1. The Balaban J connectivity index is 1.21. The summed E-state index contributed by atoms with van der Waals surface area (Å²) in [4.78, 5) is 37.7. The van der Waals surface area contributed by atoms with Crippen LogP contribution in [0.1, 0.15) is 36.8 Å². The van der Waals surface area contributed by atoms with Crippen LogP contribution in [0, 0.1) is 18.8 Å². The van der Waals surface area contributed by atoms with Gasteiger partial charge in [0.25, 0.3) is 5.91 Å². The minimum absolute atomic E-state index is 0.00482. The molecule has 2 amide bonds. The molecule has 18 heteroatoms. The van der Waals surface area contributed by atoms with E-state index in [1.807, 2.05) is 4.90 Å². The van der Waals surface area contributed by atoms with E-state index in [0.717, 1.165) is 10.6 Å². The Morgan fingerprint density at radius 2 is 1.70 bits per heavy atom. The molecule has 1 saturated heterocycles. The number of hydrogen-bond donors (Lipinski definition) is 1. The molecular weight excluding hydrogens is 727 g/mol. The number of aromatic nitrogens is 2. The highest BCUT2D eigenvalue weighted by atomic mass is 32.2. The first-order chi connectivity index (χ1) is 24.9. The third-order valence-corrected chi connectivity index (χ3v) is 11.2. The summed E-state index contributed by atoms with van der Waals surface area (Å²) in [5.41, 5.74) is 0.835. The van der Waals surface area contributed by atoms with E-state index in [1.165, 1.54) is 34.5 Å². The number of fused-ring (bicyclic) bond motifs is 1. The van der Waals surface area contributed by atoms with Crippen molar-refractivity contribution in [2.75, 3.05) is 79.9 Å². The molecule has 0 radical (unpaired) electrons. The summed E-state index contributed by atoms with van der Waals surface area (Å²) in [6, 6.07) is 12.7. The number of anilines is 3. The molecule has 16 nitrogen and oxygen atoms in total. The van der Waals surface area contributed by atoms with Gasteiger partial charge in [-0.2, -0.15) is 9.29 Å². The van der Waals surface area contributed by atoms with Crippen LogP contribution in [0.4, 0.5) is 22.0 Å². The molecule has 2 aliphatic rings. The second-order valence-corrected chi connectivity index (χ2v) is 17.2. The maximum Gasteiger partial charge on any atom is 0.408 e. The number of rotatable bonds is 9. The number of amides is 2. The van der Waals surface area contributed by atoms with Crippen LogP contribution >= 0.6 is 0 Å². The predicted molar refractivity (Wildman–Crippen MR) is 199 cm³/mol. The molecule has 0 saturated carbocycles. The van der Waals surface area contributed by atoms with Crippen molar-refractivity contribution in [3.63, 3.8) is 0 Å². The Morgan fingerprint density at radius 3 is 2.40 bits per heavy atom. The van der Waals surface area contributed by atoms with Crippen molar-refractivity contribution in [3.8, 4) is 23.6 Å². The van der Waals surface area contributed by atoms with Gasteiger partial charge in [-0.25, -0.2) is 26.6 Å². The molecule has 0 unspecified atom stereocenters. The molecule has 1 N–H and O–H groups in total. The average Bonchev–Trinajstić information content (AvgIpc) is 3.10. The maximum atomic E-state index is 13.8. The third kappa shape index (κ3) is 9.66. The molecular formula is C35H43N7O9S2. The number of aryl methyl sites for hydroxylation is 1. The fraction of sp³-hybridized carbons (Fsp3) is 0.429. The molecule has 53 heavy (non-hydrogen) atoms. The van der Waals surface area contributed by atoms with E-state index in [0.29, 0.717) is 30.3 Å². The monoisotopic (exact) mass is 769 g/mol. The van der Waals surface area contributed by atoms with Crippen LogP contribution < -0.4 is 28.9 Å². The number of alkyl carbamates (subject to hydrolysis) is 1. The first-order valence-electron chi connectivity index (χ1n) is 16.7. The fourth-order valence-electron chi connectivity index (χ4n) is 5.53. The average molecular weight is 770 g/mol. The van der Waals surface area contributed by atoms with Crippen LogP contribution in [0.3, 0.4) is 0 Å². The summed E-state index contributed by atoms with van der Waals surface area (Å²) in [5.74, 6) is 5.94. The SMILES string of the molecule is Cc1cc(N2CCN(S(=O)(=O)c3ccc4c(c3)OCCN4C(=O)c3ccccc3N(C)S(C)(=O)=O)CC2)nc(OCC#CCNC(=O)OC(C)(C)C)n1. The third-order valence-electron chi connectivity index (χ3n) is 8.15. The normalized spacial score (nSPS) is 15.0. The summed E-state index contributed by atoms with van der Waals surface area (Å²) in [5, 5.41) is 2.54. The number of para-hydroxylation sites is 1. The second kappa shape index (κ2) is 15.9. The molecule has 0 spiro atoms. The highest BCUT2D eigenvalue weighted by molar-refractivity contribution is 7.92. The lowest BCUT2D eigenvalue weighted by Gasteiger charge is -2.35. The number of nitrogens with one attached hydrogen (secondary N) is 1. The van der Waals surface area contributed by atoms with Crippen molar-refractivity contribution in [1.29, 1.82) is 0 Å². The first-order valence-corrected chi connectivity index (χ1v) is 20.0. The summed E-state index contributed by atoms with van der Waals surface area (Å²) in [6.45, 7) is 8.58. The van der Waals surface area contributed by atoms with Gasteiger partial charge in [0.1, 0.15) is 23.8 Å². The van der Waals surface area contributed by atoms with E-state index < -0.39 is 37.6 Å². The molecule has 1 fully saturated rings. The molecule has 0 atom stereocenters. The van der Waals surface area contributed by atoms with Crippen molar-refractivity contribution in [2.24, 2.45) is 0 Å². The van der Waals surface area contributed by atoms with Crippen LogP contribution in [0.2, 0.25) is 0 Å². The molecule has 5 rings (SSSR count). The van der Waals surface area contributed by atoms with Crippen molar-refractivity contribution in [3.05, 3.63) is 59.8 Å². The topological polar surface area (TPSA) is 181 Å². The van der Waals surface area contributed by atoms with Gasteiger partial charge in [0.2, 0.25) is 20.0 Å². The van der Waals surface area contributed by atoms with E-state index >= 15 is 0 Å². The second-order valence-electron chi connectivity index (χ2n) is 13.2. The Bertz CT molecular complexity index is 2140. The number of nitrogens with zero attached hydrogens (tertiary/aromatic N) is 6. The van der Waals surface area contributed by atoms with Gasteiger partial charge in [0, 0.05) is 51.1 Å². The van der Waals surface area contributed by atoms with Crippen LogP contribution in [-0.4, -0.2) is 114 Å². The molecule has 0 aliphatic carbocycles. The standard InChI is InChI=1S/C35H43N7O9S2/c1-25-23-31(38-33(37-25)50-21-10-9-15-36-34(44)51-35(2,3)4)40-16-18-41(19-17-40)53(47,48)26-13-14-29-30(24-26)49-22-20-42(29)32(43)27-11-7-8-12-28(27)39(5)52(6,45)46/h7-8,11-14,23-24H,15-22H2,1-6H3,(H,36,44). The number of benzene rings is 2. The zero-order valence-electron chi connectivity index (χ0n) is 30.4. The van der Waals surface area contributed by atoms with Crippen LogP contribution in [0.25, 0.3) is 0 Å². The largest absolute Gasteiger partial charge is 0.489 e. The highest BCUT2D eigenvalue weighted by Crippen LogP contribution is 2.37. The quantitative estimate of drug-likeness (QED) is 0.315. The molecule has 2 aromatic carbocycles. The van der Waals surface area contributed by atoms with Gasteiger partial charge >= 0.3 is 12.1 Å². The van der Waals surface area contributed by atoms with Gasteiger partial charge in [-0.3, -0.25) is 9.10 Å². The number of hydrogen-bond acceptors (Lipinski definition) is 12. The Labute approximate surface area is 310 Å². The van der Waals surface area contributed by atoms with Crippen molar-refractivity contribution < 1.29 is 40.6 Å². The lowest BCUT2D eigenvalue weighted by Crippen LogP contribution is -2.49. The summed E-state index contributed by atoms with van der Waals surface area (Å²) in [6.07, 6.45) is 0.491. The highest BCUT2D eigenvalue weighted by Gasteiger charge is 2.33. The smallest absolute Gasteiger partial charge is 0.408 e. The van der Waals surface area contributed by atoms with Gasteiger partial charge in [0.05, 0.1) is 41.2 Å². The summed E-state index contributed by atoms with van der Waals surface area (Å²) < 4.78 is 71.1. The number of piperazine rings is 1. The zero-order chi connectivity index (χ0) is 38.6. The molecule has 3 aromatic rings. The van der Waals surface area contributed by atoms with Gasteiger partial charge < -0.3 is 29.3 Å². The van der Waals surface area contributed by atoms with E-state index in [4.69, 9.17) is 14.2 Å². The molecule has 3 heterocycles.